The van der Waals surface area contributed by atoms with Gasteiger partial charge in [0.05, 0.1) is 0 Å². The average Bonchev–Trinajstić information content (AvgIpc) is 2.56. The third-order valence-corrected chi connectivity index (χ3v) is 8.04. The van der Waals surface area contributed by atoms with Gasteiger partial charge in [-0.2, -0.15) is 0 Å². The molecule has 1 aromatic rings. The van der Waals surface area contributed by atoms with E-state index >= 15 is 0 Å². The molecule has 2 aliphatic rings. The number of hydrogen-bond donors (Lipinski definition) is 2. The van der Waals surface area contributed by atoms with Gasteiger partial charge in [0.2, 0.25) is 0 Å². The van der Waals surface area contributed by atoms with Crippen LogP contribution in [0.1, 0.15) is 12.8 Å². The second-order valence-electron chi connectivity index (χ2n) is 7.18. The second-order valence-corrected chi connectivity index (χ2v) is 11.2. The first-order valence-electron chi connectivity index (χ1n) is 8.63. The van der Waals surface area contributed by atoms with E-state index in [1.807, 2.05) is 12.1 Å². The zero-order valence-electron chi connectivity index (χ0n) is 14.3. The molecule has 2 saturated heterocycles. The fourth-order valence-electron chi connectivity index (χ4n) is 3.76. The summed E-state index contributed by atoms with van der Waals surface area (Å²) >= 11 is 0. The van der Waals surface area contributed by atoms with Crippen LogP contribution >= 0.6 is 7.49 Å². The van der Waals surface area contributed by atoms with Gasteiger partial charge in [0.1, 0.15) is 0 Å². The summed E-state index contributed by atoms with van der Waals surface area (Å²) in [5.41, 5.74) is 7.79. The van der Waals surface area contributed by atoms with Crippen molar-refractivity contribution in [1.82, 2.24) is 4.90 Å². The predicted molar refractivity (Wildman–Crippen MR) is 100 cm³/mol. The van der Waals surface area contributed by atoms with E-state index in [-0.39, 0.29) is 0 Å². The topological polar surface area (TPSA) is 62.0 Å². The summed E-state index contributed by atoms with van der Waals surface area (Å²) in [4.78, 5) is 15.3. The van der Waals surface area contributed by atoms with Crippen LogP contribution in [0.15, 0.2) is 18.2 Å². The maximum atomic E-state index is 10.2. The molecule has 0 unspecified atom stereocenters. The van der Waals surface area contributed by atoms with Gasteiger partial charge < -0.3 is 0 Å². The van der Waals surface area contributed by atoms with Gasteiger partial charge in [0.15, 0.2) is 0 Å². The number of benzene rings is 1. The molecule has 0 bridgehead atoms. The van der Waals surface area contributed by atoms with Gasteiger partial charge in [-0.25, -0.2) is 0 Å². The van der Waals surface area contributed by atoms with Crippen molar-refractivity contribution in [3.05, 3.63) is 18.2 Å². The first kappa shape index (κ1) is 16.8. The van der Waals surface area contributed by atoms with E-state index in [2.05, 4.69) is 22.5 Å². The Balaban J connectivity index is 1.56. The summed E-state index contributed by atoms with van der Waals surface area (Å²) in [6.45, 7) is 6.41. The molecule has 0 atom stereocenters. The monoisotopic (exact) mass is 339 g/mol. The molecule has 5 nitrogen and oxygen atoms in total. The standard InChI is InChI=1S/C17H30N3O2P/c1-22-17-13-15(3-4-16(17)18)19-7-5-14(6-8-19)20-9-11-23(2,21)12-10-20/h3-4,13-14,21,23H,5-12,18H2,1-2H3. The number of nitrogen functional groups attached to an aromatic ring is 1. The number of piperidine rings is 1. The van der Waals surface area contributed by atoms with Crippen molar-refractivity contribution in [3.8, 4) is 5.75 Å². The summed E-state index contributed by atoms with van der Waals surface area (Å²) in [6, 6.07) is 6.73. The van der Waals surface area contributed by atoms with Crippen molar-refractivity contribution >= 4 is 18.9 Å². The number of methoxy groups -OCH3 is 1. The first-order chi connectivity index (χ1) is 11.0. The molecule has 0 spiro atoms. The molecule has 130 valence electrons. The molecule has 2 aliphatic heterocycles. The zero-order valence-corrected chi connectivity index (χ0v) is 15.3. The van der Waals surface area contributed by atoms with Crippen LogP contribution in [-0.4, -0.2) is 68.1 Å². The van der Waals surface area contributed by atoms with E-state index < -0.39 is 7.49 Å². The fourth-order valence-corrected chi connectivity index (χ4v) is 5.54. The Kier molecular flexibility index (Phi) is 5.00. The van der Waals surface area contributed by atoms with Gasteiger partial charge in [0, 0.05) is 0 Å². The van der Waals surface area contributed by atoms with E-state index in [4.69, 9.17) is 10.5 Å². The summed E-state index contributed by atoms with van der Waals surface area (Å²) in [7, 11) is -0.193. The average molecular weight is 339 g/mol. The van der Waals surface area contributed by atoms with Crippen molar-refractivity contribution in [2.75, 3.05) is 62.9 Å². The summed E-state index contributed by atoms with van der Waals surface area (Å²) in [6.07, 6.45) is 4.44. The molecule has 0 aliphatic carbocycles. The van der Waals surface area contributed by atoms with E-state index in [0.717, 1.165) is 44.3 Å². The molecule has 0 saturated carbocycles. The van der Waals surface area contributed by atoms with Crippen LogP contribution in [0.25, 0.3) is 0 Å². The van der Waals surface area contributed by atoms with Crippen molar-refractivity contribution in [3.63, 3.8) is 0 Å². The van der Waals surface area contributed by atoms with Crippen LogP contribution in [0, 0.1) is 0 Å². The third kappa shape index (κ3) is 3.90. The van der Waals surface area contributed by atoms with Gasteiger partial charge >= 0.3 is 139 Å². The molecular formula is C17H30N3O2P. The van der Waals surface area contributed by atoms with Crippen LogP contribution in [0.4, 0.5) is 11.4 Å². The van der Waals surface area contributed by atoms with E-state index in [9.17, 15) is 4.89 Å². The van der Waals surface area contributed by atoms with E-state index in [0.29, 0.717) is 11.7 Å². The number of hydrogen-bond acceptors (Lipinski definition) is 5. The Morgan fingerprint density at radius 3 is 2.43 bits per heavy atom. The molecule has 0 radical (unpaired) electrons. The molecular weight excluding hydrogens is 309 g/mol. The summed E-state index contributed by atoms with van der Waals surface area (Å²) in [5, 5.41) is 0. The molecule has 2 fully saturated rings. The summed E-state index contributed by atoms with van der Waals surface area (Å²) in [5.74, 6) is 0.757. The molecule has 0 aromatic heterocycles. The van der Waals surface area contributed by atoms with Crippen molar-refractivity contribution < 1.29 is 9.63 Å². The third-order valence-electron chi connectivity index (χ3n) is 5.44. The minimum absolute atomic E-state index is 0.673. The van der Waals surface area contributed by atoms with Gasteiger partial charge in [-0.15, -0.1) is 0 Å². The minimum atomic E-state index is -1.86. The van der Waals surface area contributed by atoms with Gasteiger partial charge in [-0.3, -0.25) is 0 Å². The van der Waals surface area contributed by atoms with Crippen LogP contribution in [0.5, 0.6) is 5.75 Å². The first-order valence-corrected chi connectivity index (χ1v) is 11.5. The quantitative estimate of drug-likeness (QED) is 0.650. The van der Waals surface area contributed by atoms with Gasteiger partial charge in [-0.05, 0) is 0 Å². The Morgan fingerprint density at radius 2 is 1.83 bits per heavy atom. The van der Waals surface area contributed by atoms with Crippen molar-refractivity contribution in [2.45, 2.75) is 18.9 Å². The van der Waals surface area contributed by atoms with Gasteiger partial charge in [0.25, 0.3) is 0 Å². The summed E-state index contributed by atoms with van der Waals surface area (Å²) < 4.78 is 5.33. The Bertz CT molecular complexity index is 535. The van der Waals surface area contributed by atoms with Crippen LogP contribution < -0.4 is 15.4 Å². The van der Waals surface area contributed by atoms with E-state index in [1.165, 1.54) is 18.5 Å². The number of ether oxygens (including phenoxy) is 1. The fraction of sp³-hybridized carbons (Fsp3) is 0.647. The Labute approximate surface area is 139 Å². The SMILES string of the molecule is COc1cc(N2CCC(N3CC[PH](C)(O)CC3)CC2)ccc1N. The number of anilines is 2. The van der Waals surface area contributed by atoms with E-state index in [1.54, 1.807) is 7.11 Å². The Hall–Kier alpha value is -1.03. The molecule has 2 heterocycles. The second kappa shape index (κ2) is 6.84. The maximum absolute atomic E-state index is 10.2. The molecule has 0 amide bonds. The number of nitrogens with zero attached hydrogens (tertiary/aromatic N) is 2. The van der Waals surface area contributed by atoms with Crippen LogP contribution in [-0.2, 0) is 0 Å². The Morgan fingerprint density at radius 1 is 1.17 bits per heavy atom. The molecule has 3 rings (SSSR count). The van der Waals surface area contributed by atoms with Crippen LogP contribution in [0.2, 0.25) is 0 Å². The zero-order chi connectivity index (χ0) is 16.4. The predicted octanol–water partition coefficient (Wildman–Crippen LogP) is 1.85. The molecule has 1 aromatic carbocycles. The normalized spacial score (nSPS) is 24.4. The number of rotatable bonds is 3. The van der Waals surface area contributed by atoms with Gasteiger partial charge in [-0.1, -0.05) is 0 Å². The van der Waals surface area contributed by atoms with Crippen molar-refractivity contribution in [2.24, 2.45) is 0 Å². The van der Waals surface area contributed by atoms with Crippen LogP contribution in [0.3, 0.4) is 0 Å². The molecule has 23 heavy (non-hydrogen) atoms. The van der Waals surface area contributed by atoms with Crippen molar-refractivity contribution in [1.29, 1.82) is 0 Å². The molecule has 3 N–H and O–H groups in total. The molecule has 6 heteroatoms. The number of nitrogens with two attached hydrogens (primary N) is 1.